The topological polar surface area (TPSA) is 130 Å². The summed E-state index contributed by atoms with van der Waals surface area (Å²) in [6, 6.07) is 5.04. The molecule has 2 heterocycles. The molecule has 0 unspecified atom stereocenters. The quantitative estimate of drug-likeness (QED) is 0.473. The molecule has 2 aromatic heterocycles. The van der Waals surface area contributed by atoms with Crippen molar-refractivity contribution in [2.75, 3.05) is 7.11 Å². The maximum absolute atomic E-state index is 11.0. The number of carbonyl (C=O) groups is 2. The predicted molar refractivity (Wildman–Crippen MR) is 86.7 cm³/mol. The third-order valence-corrected chi connectivity index (χ3v) is 3.07. The van der Waals surface area contributed by atoms with E-state index in [1.54, 1.807) is 12.1 Å². The molecule has 0 fully saturated rings. The molecule has 0 aliphatic carbocycles. The fourth-order valence-corrected chi connectivity index (χ4v) is 2.47. The lowest BCUT2D eigenvalue weighted by atomic mass is 10.3. The van der Waals surface area contributed by atoms with Crippen LogP contribution in [0.25, 0.3) is 0 Å². The first-order valence-electron chi connectivity index (χ1n) is 5.81. The van der Waals surface area contributed by atoms with Crippen LogP contribution >= 0.6 is 31.9 Å². The molecule has 0 bridgehead atoms. The molecule has 8 nitrogen and oxygen atoms in total. The number of H-pyrrole nitrogens is 1. The van der Waals surface area contributed by atoms with Crippen molar-refractivity contribution in [3.63, 3.8) is 0 Å². The largest absolute Gasteiger partial charge is 0.494 e. The number of halogens is 2. The number of rotatable bonds is 2. The zero-order valence-electron chi connectivity index (χ0n) is 11.5. The Morgan fingerprint density at radius 3 is 2.13 bits per heavy atom. The number of hydrogen-bond acceptors (Lipinski definition) is 6. The summed E-state index contributed by atoms with van der Waals surface area (Å²) in [7, 11) is 1.34. The fourth-order valence-electron chi connectivity index (χ4n) is 1.35. The maximum atomic E-state index is 11.0. The molecule has 23 heavy (non-hydrogen) atoms. The number of hydrogen-bond donors (Lipinski definition) is 3. The van der Waals surface area contributed by atoms with Crippen molar-refractivity contribution in [3.05, 3.63) is 55.0 Å². The lowest BCUT2D eigenvalue weighted by Crippen LogP contribution is -2.08. The number of carboxylic acids is 1. The van der Waals surface area contributed by atoms with Gasteiger partial charge in [-0.05, 0) is 44.0 Å². The normalized spacial score (nSPS) is 9.52. The van der Waals surface area contributed by atoms with Crippen molar-refractivity contribution < 1.29 is 24.5 Å². The summed E-state index contributed by atoms with van der Waals surface area (Å²) < 4.78 is 5.73. The molecule has 0 aromatic carbocycles. The molecule has 0 aliphatic heterocycles. The lowest BCUT2D eigenvalue weighted by molar-refractivity contribution is 0.0599. The number of pyridine rings is 2. The van der Waals surface area contributed by atoms with Crippen LogP contribution in [0.1, 0.15) is 20.7 Å². The average molecular weight is 450 g/mol. The van der Waals surface area contributed by atoms with E-state index in [-0.39, 0.29) is 11.5 Å². The molecule has 0 radical (unpaired) electrons. The predicted octanol–water partition coefficient (Wildman–Crippen LogP) is 2.17. The molecule has 2 aromatic rings. The van der Waals surface area contributed by atoms with Gasteiger partial charge in [-0.2, -0.15) is 0 Å². The average Bonchev–Trinajstić information content (AvgIpc) is 2.45. The SMILES string of the molecule is COC(=O)c1cc(Br)nc(Br)c1.O=C(O)c1cc(O)[nH]c(=O)c1. The molecule has 122 valence electrons. The Kier molecular flexibility index (Phi) is 6.91. The number of carbonyl (C=O) groups excluding carboxylic acids is 1. The smallest absolute Gasteiger partial charge is 0.338 e. The number of aromatic carboxylic acids is 1. The van der Waals surface area contributed by atoms with Crippen molar-refractivity contribution in [1.29, 1.82) is 0 Å². The van der Waals surface area contributed by atoms with Crippen LogP contribution in [-0.4, -0.2) is 39.2 Å². The van der Waals surface area contributed by atoms with Crippen LogP contribution in [0, 0.1) is 0 Å². The summed E-state index contributed by atoms with van der Waals surface area (Å²) in [5.74, 6) is -2.07. The van der Waals surface area contributed by atoms with Gasteiger partial charge in [0, 0.05) is 12.1 Å². The molecule has 0 spiro atoms. The van der Waals surface area contributed by atoms with E-state index in [0.29, 0.717) is 14.8 Å². The summed E-state index contributed by atoms with van der Waals surface area (Å²) in [6.45, 7) is 0. The molecule has 0 atom stereocenters. The second-order valence-corrected chi connectivity index (χ2v) is 5.54. The lowest BCUT2D eigenvalue weighted by Gasteiger charge is -1.99. The van der Waals surface area contributed by atoms with Crippen LogP contribution in [0.5, 0.6) is 5.88 Å². The number of aromatic nitrogens is 2. The first kappa shape index (κ1) is 18.8. The second kappa shape index (κ2) is 8.44. The van der Waals surface area contributed by atoms with E-state index in [9.17, 15) is 14.4 Å². The minimum absolute atomic E-state index is 0.230. The third-order valence-electron chi connectivity index (χ3n) is 2.26. The number of nitrogens with one attached hydrogen (secondary N) is 1. The number of nitrogens with zero attached hydrogens (tertiary/aromatic N) is 1. The van der Waals surface area contributed by atoms with Gasteiger partial charge in [0.2, 0.25) is 0 Å². The van der Waals surface area contributed by atoms with E-state index in [4.69, 9.17) is 10.2 Å². The highest BCUT2D eigenvalue weighted by molar-refractivity contribution is 9.11. The third kappa shape index (κ3) is 6.20. The van der Waals surface area contributed by atoms with Gasteiger partial charge in [0.05, 0.1) is 18.2 Å². The Balaban J connectivity index is 0.000000231. The molecule has 0 aliphatic rings. The van der Waals surface area contributed by atoms with Gasteiger partial charge in [0.25, 0.3) is 5.56 Å². The Labute approximate surface area is 146 Å². The van der Waals surface area contributed by atoms with Crippen molar-refractivity contribution in [3.8, 4) is 5.88 Å². The number of aromatic hydroxyl groups is 1. The van der Waals surface area contributed by atoms with Crippen molar-refractivity contribution in [2.24, 2.45) is 0 Å². The first-order chi connectivity index (χ1) is 10.7. The highest BCUT2D eigenvalue weighted by Gasteiger charge is 2.07. The van der Waals surface area contributed by atoms with Gasteiger partial charge in [-0.15, -0.1) is 0 Å². The standard InChI is InChI=1S/C7H5Br2NO2.C6H5NO4/c1-12-7(11)4-2-5(8)10-6(9)3-4;8-4-1-3(6(10)11)2-5(9)7-4/h2-3H,1H3;1-2H,(H,10,11)(H2,7,8,9). The summed E-state index contributed by atoms with van der Waals surface area (Å²) in [5.41, 5.74) is -0.403. The molecule has 3 N–H and O–H groups in total. The van der Waals surface area contributed by atoms with E-state index in [1.807, 2.05) is 4.98 Å². The number of aromatic amines is 1. The van der Waals surface area contributed by atoms with Gasteiger partial charge in [-0.1, -0.05) is 0 Å². The molecule has 0 amide bonds. The molecule has 2 rings (SSSR count). The van der Waals surface area contributed by atoms with Gasteiger partial charge >= 0.3 is 11.9 Å². The van der Waals surface area contributed by atoms with E-state index < -0.39 is 17.4 Å². The van der Waals surface area contributed by atoms with E-state index in [2.05, 4.69) is 41.6 Å². The molecule has 0 saturated carbocycles. The Morgan fingerprint density at radius 1 is 1.13 bits per heavy atom. The van der Waals surface area contributed by atoms with Gasteiger partial charge in [-0.3, -0.25) is 9.78 Å². The maximum Gasteiger partial charge on any atom is 0.338 e. The van der Waals surface area contributed by atoms with Crippen LogP contribution in [-0.2, 0) is 4.74 Å². The van der Waals surface area contributed by atoms with Crippen molar-refractivity contribution in [2.45, 2.75) is 0 Å². The summed E-state index contributed by atoms with van der Waals surface area (Å²) in [4.78, 5) is 37.8. The number of esters is 1. The fraction of sp³-hybridized carbons (Fsp3) is 0.0769. The van der Waals surface area contributed by atoms with E-state index in [0.717, 1.165) is 12.1 Å². The van der Waals surface area contributed by atoms with Crippen LogP contribution in [0.2, 0.25) is 0 Å². The van der Waals surface area contributed by atoms with Crippen LogP contribution in [0.4, 0.5) is 0 Å². The number of ether oxygens (including phenoxy) is 1. The summed E-state index contributed by atoms with van der Waals surface area (Å²) in [5, 5.41) is 17.1. The Hall–Kier alpha value is -2.20. The molecule has 0 saturated heterocycles. The zero-order valence-corrected chi connectivity index (χ0v) is 14.7. The summed E-state index contributed by atoms with van der Waals surface area (Å²) >= 11 is 6.32. The van der Waals surface area contributed by atoms with Crippen molar-refractivity contribution in [1.82, 2.24) is 9.97 Å². The van der Waals surface area contributed by atoms with Crippen LogP contribution < -0.4 is 5.56 Å². The summed E-state index contributed by atoms with van der Waals surface area (Å²) in [6.07, 6.45) is 0. The highest BCUT2D eigenvalue weighted by atomic mass is 79.9. The number of carboxylic acid groups (broad SMARTS) is 1. The van der Waals surface area contributed by atoms with E-state index >= 15 is 0 Å². The molecule has 10 heteroatoms. The Bertz CT molecular complexity index is 770. The minimum atomic E-state index is -1.24. The van der Waals surface area contributed by atoms with Crippen molar-refractivity contribution >= 4 is 43.8 Å². The Morgan fingerprint density at radius 2 is 1.70 bits per heavy atom. The van der Waals surface area contributed by atoms with Gasteiger partial charge in [0.15, 0.2) is 5.88 Å². The van der Waals surface area contributed by atoms with Crippen LogP contribution in [0.3, 0.4) is 0 Å². The second-order valence-electron chi connectivity index (χ2n) is 3.92. The zero-order chi connectivity index (χ0) is 17.6. The first-order valence-corrected chi connectivity index (χ1v) is 7.39. The highest BCUT2D eigenvalue weighted by Crippen LogP contribution is 2.16. The number of methoxy groups -OCH3 is 1. The van der Waals surface area contributed by atoms with Gasteiger partial charge in [-0.25, -0.2) is 14.6 Å². The van der Waals surface area contributed by atoms with Gasteiger partial charge < -0.3 is 14.9 Å². The van der Waals surface area contributed by atoms with E-state index in [1.165, 1.54) is 7.11 Å². The van der Waals surface area contributed by atoms with Gasteiger partial charge in [0.1, 0.15) is 9.21 Å². The molecular formula is C13H10Br2N2O6. The monoisotopic (exact) mass is 448 g/mol. The minimum Gasteiger partial charge on any atom is -0.494 e. The molecular weight excluding hydrogens is 440 g/mol. The van der Waals surface area contributed by atoms with Crippen LogP contribution in [0.15, 0.2) is 38.3 Å².